The molecule has 0 amide bonds. The monoisotopic (exact) mass is 440 g/mol. The van der Waals surface area contributed by atoms with E-state index in [2.05, 4.69) is 10.3 Å². The van der Waals surface area contributed by atoms with E-state index in [0.29, 0.717) is 25.3 Å². The third-order valence-electron chi connectivity index (χ3n) is 4.63. The largest absolute Gasteiger partial charge is 0.427 e. The van der Waals surface area contributed by atoms with Crippen LogP contribution in [0.1, 0.15) is 24.2 Å². The van der Waals surface area contributed by atoms with Gasteiger partial charge in [-0.2, -0.15) is 0 Å². The first kappa shape index (κ1) is 22.6. The van der Waals surface area contributed by atoms with Gasteiger partial charge >= 0.3 is 5.97 Å². The van der Waals surface area contributed by atoms with Crippen molar-refractivity contribution in [3.05, 3.63) is 84.2 Å². The Morgan fingerprint density at radius 1 is 1.06 bits per heavy atom. The number of nitrogens with zero attached hydrogens (tertiary/aromatic N) is 1. The summed E-state index contributed by atoms with van der Waals surface area (Å²) in [7, 11) is -3.66. The van der Waals surface area contributed by atoms with Crippen LogP contribution in [-0.2, 0) is 21.1 Å². The summed E-state index contributed by atoms with van der Waals surface area (Å²) in [5, 5.41) is 13.3. The minimum Gasteiger partial charge on any atom is -0.427 e. The number of carbonyl (C=O) groups excluding carboxylic acids is 1. The van der Waals surface area contributed by atoms with E-state index < -0.39 is 21.9 Å². The molecule has 0 radical (unpaired) electrons. The van der Waals surface area contributed by atoms with Gasteiger partial charge in [-0.25, -0.2) is 8.42 Å². The van der Waals surface area contributed by atoms with Crippen LogP contribution in [0.15, 0.2) is 82.8 Å². The number of nitrogens with one attached hydrogen (secondary N) is 1. The molecule has 0 saturated heterocycles. The summed E-state index contributed by atoms with van der Waals surface area (Å²) in [5.41, 5.74) is 1.73. The number of rotatable bonds is 9. The van der Waals surface area contributed by atoms with Crippen LogP contribution in [0.25, 0.3) is 0 Å². The minimum absolute atomic E-state index is 0.127. The van der Waals surface area contributed by atoms with Crippen LogP contribution in [0, 0.1) is 0 Å². The lowest BCUT2D eigenvalue weighted by Crippen LogP contribution is -2.23. The second kappa shape index (κ2) is 10.3. The Hall–Kier alpha value is -3.07. The van der Waals surface area contributed by atoms with Crippen molar-refractivity contribution >= 4 is 15.8 Å². The van der Waals surface area contributed by atoms with Gasteiger partial charge in [0.15, 0.2) is 0 Å². The Kier molecular flexibility index (Phi) is 7.51. The fraction of sp³-hybridized carbons (Fsp3) is 0.217. The first-order valence-corrected chi connectivity index (χ1v) is 11.3. The van der Waals surface area contributed by atoms with Crippen LogP contribution in [0.4, 0.5) is 0 Å². The maximum atomic E-state index is 12.8. The molecule has 0 unspecified atom stereocenters. The van der Waals surface area contributed by atoms with Gasteiger partial charge in [-0.15, -0.1) is 0 Å². The molecule has 0 bridgehead atoms. The van der Waals surface area contributed by atoms with E-state index in [9.17, 15) is 18.3 Å². The zero-order valence-electron chi connectivity index (χ0n) is 17.1. The summed E-state index contributed by atoms with van der Waals surface area (Å²) < 4.78 is 30.5. The summed E-state index contributed by atoms with van der Waals surface area (Å²) >= 11 is 0. The van der Waals surface area contributed by atoms with Gasteiger partial charge in [-0.3, -0.25) is 9.78 Å². The summed E-state index contributed by atoms with van der Waals surface area (Å²) in [4.78, 5) is 15.3. The first-order valence-electron chi connectivity index (χ1n) is 9.77. The van der Waals surface area contributed by atoms with Gasteiger partial charge in [0, 0.05) is 31.4 Å². The van der Waals surface area contributed by atoms with Crippen LogP contribution < -0.4 is 10.1 Å². The molecule has 0 saturated carbocycles. The van der Waals surface area contributed by atoms with Crippen molar-refractivity contribution in [2.24, 2.45) is 0 Å². The van der Waals surface area contributed by atoms with Crippen molar-refractivity contribution < 1.29 is 23.1 Å². The Balaban J connectivity index is 1.54. The second-order valence-electron chi connectivity index (χ2n) is 6.97. The van der Waals surface area contributed by atoms with Crippen molar-refractivity contribution in [1.82, 2.24) is 10.3 Å². The lowest BCUT2D eigenvalue weighted by atomic mass is 10.1. The number of aliphatic hydroxyl groups excluding tert-OH is 1. The highest BCUT2D eigenvalue weighted by Gasteiger charge is 2.17. The number of hydrogen-bond acceptors (Lipinski definition) is 7. The van der Waals surface area contributed by atoms with Crippen LogP contribution in [0.5, 0.6) is 5.75 Å². The van der Waals surface area contributed by atoms with Gasteiger partial charge in [-0.05, 0) is 61.0 Å². The molecule has 1 heterocycles. The number of aromatic nitrogens is 1. The predicted molar refractivity (Wildman–Crippen MR) is 115 cm³/mol. The zero-order valence-corrected chi connectivity index (χ0v) is 17.9. The highest BCUT2D eigenvalue weighted by Crippen LogP contribution is 2.23. The van der Waals surface area contributed by atoms with E-state index >= 15 is 0 Å². The highest BCUT2D eigenvalue weighted by atomic mass is 32.2. The quantitative estimate of drug-likeness (QED) is 0.299. The minimum atomic E-state index is -3.66. The molecule has 3 rings (SSSR count). The third kappa shape index (κ3) is 6.21. The number of pyridine rings is 1. The molecule has 0 spiro atoms. The fourth-order valence-electron chi connectivity index (χ4n) is 2.99. The molecule has 1 atom stereocenters. The van der Waals surface area contributed by atoms with Crippen molar-refractivity contribution in [1.29, 1.82) is 0 Å². The molecule has 2 N–H and O–H groups in total. The standard InChI is InChI=1S/C23H24N2O5S/c1-17(26)30-20-6-10-22(11-7-20)31(28,29)21-8-4-18(5-9-21)12-14-25-16-23(27)19-3-2-13-24-15-19/h2-11,13,15,23,25,27H,12,14,16H2,1H3/t23-/m1/s1. The smallest absolute Gasteiger partial charge is 0.308 e. The normalized spacial score (nSPS) is 12.3. The van der Waals surface area contributed by atoms with E-state index in [-0.39, 0.29) is 9.79 Å². The highest BCUT2D eigenvalue weighted by molar-refractivity contribution is 7.91. The van der Waals surface area contributed by atoms with Gasteiger partial charge in [0.25, 0.3) is 0 Å². The second-order valence-corrected chi connectivity index (χ2v) is 8.92. The fourth-order valence-corrected chi connectivity index (χ4v) is 4.25. The van der Waals surface area contributed by atoms with Gasteiger partial charge in [0.1, 0.15) is 5.75 Å². The first-order chi connectivity index (χ1) is 14.9. The van der Waals surface area contributed by atoms with E-state index in [1.165, 1.54) is 31.2 Å². The van der Waals surface area contributed by atoms with E-state index in [0.717, 1.165) is 11.1 Å². The summed E-state index contributed by atoms with van der Waals surface area (Å²) in [5.74, 6) is -0.171. The molecule has 0 aliphatic rings. The van der Waals surface area contributed by atoms with Gasteiger partial charge in [-0.1, -0.05) is 18.2 Å². The number of esters is 1. The van der Waals surface area contributed by atoms with Crippen molar-refractivity contribution in [2.75, 3.05) is 13.1 Å². The number of aliphatic hydroxyl groups is 1. The third-order valence-corrected chi connectivity index (χ3v) is 6.41. The van der Waals surface area contributed by atoms with Gasteiger partial charge in [0.05, 0.1) is 15.9 Å². The molecule has 7 nitrogen and oxygen atoms in total. The molecule has 162 valence electrons. The molecule has 31 heavy (non-hydrogen) atoms. The number of hydrogen-bond donors (Lipinski definition) is 2. The average Bonchev–Trinajstić information content (AvgIpc) is 2.77. The maximum absolute atomic E-state index is 12.8. The Labute approximate surface area is 181 Å². The molecule has 3 aromatic rings. The summed E-state index contributed by atoms with van der Waals surface area (Å²) in [6.45, 7) is 2.33. The molecule has 1 aromatic heterocycles. The van der Waals surface area contributed by atoms with E-state index in [1.54, 1.807) is 42.7 Å². The molecule has 2 aromatic carbocycles. The van der Waals surface area contributed by atoms with Crippen molar-refractivity contribution in [3.8, 4) is 5.75 Å². The number of benzene rings is 2. The molecule has 0 aliphatic carbocycles. The number of carbonyl (C=O) groups is 1. The topological polar surface area (TPSA) is 106 Å². The maximum Gasteiger partial charge on any atom is 0.308 e. The van der Waals surface area contributed by atoms with Crippen LogP contribution in [0.3, 0.4) is 0 Å². The lowest BCUT2D eigenvalue weighted by Gasteiger charge is -2.12. The molecule has 0 aliphatic heterocycles. The number of ether oxygens (including phenoxy) is 1. The Morgan fingerprint density at radius 3 is 2.29 bits per heavy atom. The number of sulfone groups is 1. The summed E-state index contributed by atoms with van der Waals surface area (Å²) in [6.07, 6.45) is 3.35. The average molecular weight is 441 g/mol. The van der Waals surface area contributed by atoms with E-state index in [1.807, 2.05) is 6.07 Å². The van der Waals surface area contributed by atoms with Crippen molar-refractivity contribution in [2.45, 2.75) is 29.2 Å². The van der Waals surface area contributed by atoms with Crippen LogP contribution >= 0.6 is 0 Å². The van der Waals surface area contributed by atoms with Gasteiger partial charge in [0.2, 0.25) is 9.84 Å². The Morgan fingerprint density at radius 2 is 1.71 bits per heavy atom. The van der Waals surface area contributed by atoms with Gasteiger partial charge < -0.3 is 15.2 Å². The molecular weight excluding hydrogens is 416 g/mol. The molecular formula is C23H24N2O5S. The molecule has 0 fully saturated rings. The summed E-state index contributed by atoms with van der Waals surface area (Å²) in [6, 6.07) is 16.0. The predicted octanol–water partition coefficient (Wildman–Crippen LogP) is 2.71. The molecule has 8 heteroatoms. The zero-order chi connectivity index (χ0) is 22.3. The van der Waals surface area contributed by atoms with E-state index in [4.69, 9.17) is 4.74 Å². The SMILES string of the molecule is CC(=O)Oc1ccc(S(=O)(=O)c2ccc(CCNC[C@@H](O)c3cccnc3)cc2)cc1. The van der Waals surface area contributed by atoms with Crippen LogP contribution in [-0.4, -0.2) is 37.6 Å². The van der Waals surface area contributed by atoms with Crippen LogP contribution in [0.2, 0.25) is 0 Å². The Bertz CT molecular complexity index is 1100. The lowest BCUT2D eigenvalue weighted by molar-refractivity contribution is -0.131. The van der Waals surface area contributed by atoms with Crippen molar-refractivity contribution in [3.63, 3.8) is 0 Å².